The highest BCUT2D eigenvalue weighted by atomic mass is 16.2. The van der Waals surface area contributed by atoms with Crippen LogP contribution in [0.5, 0.6) is 0 Å². The maximum Gasteiger partial charge on any atom is 0.334 e. The Balaban J connectivity index is 2.26. The Bertz CT molecular complexity index is 794. The first kappa shape index (κ1) is 21.3. The van der Waals surface area contributed by atoms with Gasteiger partial charge in [0, 0.05) is 20.4 Å². The molecule has 2 aromatic rings. The molecule has 2 N–H and O–H groups in total. The molecule has 0 saturated carbocycles. The topological polar surface area (TPSA) is 83.7 Å². The average molecular weight is 381 g/mol. The molecule has 0 unspecified atom stereocenters. The first-order valence-corrected chi connectivity index (χ1v) is 9.31. The molecule has 0 atom stereocenters. The molecule has 0 aliphatic rings. The average Bonchev–Trinajstić information content (AvgIpc) is 2.69. The zero-order chi connectivity index (χ0) is 20.7. The SMILES string of the molecule is CCc1cccc(CN(C(C)=O)C(=O)N(Cc2cccc(CN)c2)C(C)=O)c1. The number of amides is 4. The fourth-order valence-corrected chi connectivity index (χ4v) is 2.94. The number of imide groups is 2. The molecule has 2 aromatic carbocycles. The molecule has 0 spiro atoms. The minimum Gasteiger partial charge on any atom is -0.326 e. The first-order chi connectivity index (χ1) is 13.3. The molecule has 0 aliphatic heterocycles. The third-order valence-corrected chi connectivity index (χ3v) is 4.53. The minimum absolute atomic E-state index is 0.0841. The summed E-state index contributed by atoms with van der Waals surface area (Å²) in [6.45, 7) is 5.26. The molecule has 0 bridgehead atoms. The molecular formula is C22H27N3O3. The zero-order valence-corrected chi connectivity index (χ0v) is 16.6. The highest BCUT2D eigenvalue weighted by Crippen LogP contribution is 2.14. The van der Waals surface area contributed by atoms with E-state index in [1.54, 1.807) is 0 Å². The van der Waals surface area contributed by atoms with Gasteiger partial charge >= 0.3 is 6.03 Å². The van der Waals surface area contributed by atoms with Crippen LogP contribution in [0.3, 0.4) is 0 Å². The number of rotatable bonds is 6. The van der Waals surface area contributed by atoms with E-state index < -0.39 is 17.8 Å². The Hall–Kier alpha value is -2.99. The van der Waals surface area contributed by atoms with Crippen molar-refractivity contribution in [2.45, 2.75) is 46.8 Å². The van der Waals surface area contributed by atoms with Crippen LogP contribution in [0.4, 0.5) is 4.79 Å². The van der Waals surface area contributed by atoms with Crippen molar-refractivity contribution in [2.75, 3.05) is 0 Å². The number of nitrogens with zero attached hydrogens (tertiary/aromatic N) is 2. The molecule has 0 saturated heterocycles. The van der Waals surface area contributed by atoms with Crippen molar-refractivity contribution >= 4 is 17.8 Å². The Morgan fingerprint density at radius 1 is 0.786 bits per heavy atom. The van der Waals surface area contributed by atoms with Crippen LogP contribution in [0, 0.1) is 0 Å². The lowest BCUT2D eigenvalue weighted by molar-refractivity contribution is -0.130. The van der Waals surface area contributed by atoms with Crippen molar-refractivity contribution in [1.82, 2.24) is 9.80 Å². The largest absolute Gasteiger partial charge is 0.334 e. The van der Waals surface area contributed by atoms with Crippen molar-refractivity contribution in [2.24, 2.45) is 5.73 Å². The van der Waals surface area contributed by atoms with E-state index >= 15 is 0 Å². The lowest BCUT2D eigenvalue weighted by Gasteiger charge is -2.27. The number of hydrogen-bond donors (Lipinski definition) is 1. The van der Waals surface area contributed by atoms with Crippen molar-refractivity contribution in [3.63, 3.8) is 0 Å². The zero-order valence-electron chi connectivity index (χ0n) is 16.6. The summed E-state index contributed by atoms with van der Waals surface area (Å²) in [6.07, 6.45) is 0.860. The fraction of sp³-hybridized carbons (Fsp3) is 0.318. The van der Waals surface area contributed by atoms with Crippen LogP contribution < -0.4 is 5.73 Å². The predicted molar refractivity (Wildman–Crippen MR) is 108 cm³/mol. The maximum atomic E-state index is 13.0. The van der Waals surface area contributed by atoms with Gasteiger partial charge in [0.05, 0.1) is 13.1 Å². The molecule has 6 nitrogen and oxygen atoms in total. The van der Waals surface area contributed by atoms with Crippen LogP contribution in [0.2, 0.25) is 0 Å². The van der Waals surface area contributed by atoms with E-state index in [2.05, 4.69) is 0 Å². The summed E-state index contributed by atoms with van der Waals surface area (Å²) in [5.41, 5.74) is 9.32. The normalized spacial score (nSPS) is 10.4. The van der Waals surface area contributed by atoms with Crippen molar-refractivity contribution < 1.29 is 14.4 Å². The quantitative estimate of drug-likeness (QED) is 0.833. The van der Waals surface area contributed by atoms with Crippen molar-refractivity contribution in [3.8, 4) is 0 Å². The summed E-state index contributed by atoms with van der Waals surface area (Å²) < 4.78 is 0. The molecular weight excluding hydrogens is 354 g/mol. The monoisotopic (exact) mass is 381 g/mol. The standard InChI is InChI=1S/C22H27N3O3/c1-4-18-7-5-9-20(11-18)14-24(16(2)26)22(28)25(17(3)27)15-21-10-6-8-19(12-21)13-23/h5-12H,4,13-15,23H2,1-3H3. The van der Waals surface area contributed by atoms with E-state index in [0.717, 1.165) is 38.5 Å². The van der Waals surface area contributed by atoms with Crippen molar-refractivity contribution in [3.05, 3.63) is 70.8 Å². The van der Waals surface area contributed by atoms with Crippen LogP contribution in [0.25, 0.3) is 0 Å². The van der Waals surface area contributed by atoms with E-state index in [1.165, 1.54) is 13.8 Å². The van der Waals surface area contributed by atoms with Gasteiger partial charge in [0.15, 0.2) is 0 Å². The summed E-state index contributed by atoms with van der Waals surface area (Å²) in [5, 5.41) is 0. The van der Waals surface area contributed by atoms with Crippen LogP contribution in [-0.2, 0) is 35.6 Å². The van der Waals surface area contributed by atoms with Gasteiger partial charge in [-0.3, -0.25) is 19.4 Å². The summed E-state index contributed by atoms with van der Waals surface area (Å²) in [6, 6.07) is 14.5. The number of nitrogens with two attached hydrogens (primary N) is 1. The smallest absolute Gasteiger partial charge is 0.326 e. The molecule has 6 heteroatoms. The maximum absolute atomic E-state index is 13.0. The second-order valence-electron chi connectivity index (χ2n) is 6.69. The van der Waals surface area contributed by atoms with Crippen LogP contribution in [0.15, 0.2) is 48.5 Å². The van der Waals surface area contributed by atoms with E-state index in [4.69, 9.17) is 5.73 Å². The highest BCUT2D eigenvalue weighted by Gasteiger charge is 2.27. The second-order valence-corrected chi connectivity index (χ2v) is 6.69. The summed E-state index contributed by atoms with van der Waals surface area (Å²) in [7, 11) is 0. The Morgan fingerprint density at radius 3 is 1.64 bits per heavy atom. The van der Waals surface area contributed by atoms with Gasteiger partial charge < -0.3 is 5.73 Å². The van der Waals surface area contributed by atoms with Gasteiger partial charge in [-0.05, 0) is 28.7 Å². The minimum atomic E-state index is -0.625. The summed E-state index contributed by atoms with van der Waals surface area (Å²) >= 11 is 0. The van der Waals surface area contributed by atoms with Gasteiger partial charge in [0.1, 0.15) is 0 Å². The molecule has 0 radical (unpaired) electrons. The summed E-state index contributed by atoms with van der Waals surface area (Å²) in [5.74, 6) is -0.828. The van der Waals surface area contributed by atoms with Crippen LogP contribution >= 0.6 is 0 Å². The Morgan fingerprint density at radius 2 is 1.21 bits per heavy atom. The molecule has 148 valence electrons. The third-order valence-electron chi connectivity index (χ3n) is 4.53. The van der Waals surface area contributed by atoms with Gasteiger partial charge in [-0.2, -0.15) is 0 Å². The fourth-order valence-electron chi connectivity index (χ4n) is 2.94. The molecule has 0 fully saturated rings. The molecule has 0 heterocycles. The molecule has 0 aromatic heterocycles. The van der Waals surface area contributed by atoms with Gasteiger partial charge in [-0.1, -0.05) is 55.5 Å². The molecule has 28 heavy (non-hydrogen) atoms. The highest BCUT2D eigenvalue weighted by molar-refractivity contribution is 6.00. The first-order valence-electron chi connectivity index (χ1n) is 9.31. The summed E-state index contributed by atoms with van der Waals surface area (Å²) in [4.78, 5) is 39.6. The predicted octanol–water partition coefficient (Wildman–Crippen LogP) is 3.22. The number of carbonyl (C=O) groups is 3. The molecule has 0 aliphatic carbocycles. The second kappa shape index (κ2) is 9.80. The third kappa shape index (κ3) is 5.50. The lowest BCUT2D eigenvalue weighted by atomic mass is 10.1. The number of aryl methyl sites for hydroxylation is 1. The molecule has 2 rings (SSSR count). The van der Waals surface area contributed by atoms with Gasteiger partial charge in [-0.25, -0.2) is 4.79 Å². The van der Waals surface area contributed by atoms with E-state index in [1.807, 2.05) is 55.5 Å². The number of urea groups is 1. The molecule has 4 amide bonds. The van der Waals surface area contributed by atoms with Gasteiger partial charge in [-0.15, -0.1) is 0 Å². The van der Waals surface area contributed by atoms with E-state index in [0.29, 0.717) is 6.54 Å². The number of hydrogen-bond acceptors (Lipinski definition) is 4. The van der Waals surface area contributed by atoms with E-state index in [-0.39, 0.29) is 13.1 Å². The Labute approximate surface area is 165 Å². The number of benzene rings is 2. The van der Waals surface area contributed by atoms with Gasteiger partial charge in [0.25, 0.3) is 0 Å². The van der Waals surface area contributed by atoms with Crippen LogP contribution in [0.1, 0.15) is 43.0 Å². The van der Waals surface area contributed by atoms with Gasteiger partial charge in [0.2, 0.25) is 11.8 Å². The lowest BCUT2D eigenvalue weighted by Crippen LogP contribution is -2.46. The Kier molecular flexibility index (Phi) is 7.46. The van der Waals surface area contributed by atoms with E-state index in [9.17, 15) is 14.4 Å². The number of carbonyl (C=O) groups excluding carboxylic acids is 3. The van der Waals surface area contributed by atoms with Crippen molar-refractivity contribution in [1.29, 1.82) is 0 Å². The van der Waals surface area contributed by atoms with Crippen LogP contribution in [-0.4, -0.2) is 27.6 Å².